The average molecular weight is 369 g/mol. The Kier molecular flexibility index (Phi) is 7.82. The van der Waals surface area contributed by atoms with Gasteiger partial charge in [0.25, 0.3) is 0 Å². The summed E-state index contributed by atoms with van der Waals surface area (Å²) in [6.45, 7) is 5.16. The van der Waals surface area contributed by atoms with Crippen LogP contribution in [0.3, 0.4) is 0 Å². The molecule has 0 saturated carbocycles. The van der Waals surface area contributed by atoms with Crippen molar-refractivity contribution >= 4 is 23.2 Å². The van der Waals surface area contributed by atoms with Gasteiger partial charge < -0.3 is 15.4 Å². The number of hydrogen-bond donors (Lipinski definition) is 2. The molecule has 2 aromatic rings. The number of ether oxygens (including phenoxy) is 1. The number of amides is 2. The lowest BCUT2D eigenvalue weighted by Gasteiger charge is -2.17. The number of nitrogens with one attached hydrogen (secondary N) is 2. The van der Waals surface area contributed by atoms with Crippen molar-refractivity contribution in [3.63, 3.8) is 0 Å². The molecule has 2 aromatic carbocycles. The zero-order chi connectivity index (χ0) is 19.6. The van der Waals surface area contributed by atoms with Gasteiger partial charge in [0, 0.05) is 24.8 Å². The second kappa shape index (κ2) is 10.3. The van der Waals surface area contributed by atoms with Crippen LogP contribution in [0.4, 0.5) is 11.4 Å². The maximum Gasteiger partial charge on any atom is 0.238 e. The Bertz CT molecular complexity index is 760. The maximum atomic E-state index is 12.1. The molecule has 2 amide bonds. The van der Waals surface area contributed by atoms with Gasteiger partial charge in [0.05, 0.1) is 13.2 Å². The molecule has 2 N–H and O–H groups in total. The molecule has 0 bridgehead atoms. The number of para-hydroxylation sites is 1. The first-order valence-electron chi connectivity index (χ1n) is 8.98. The molecule has 0 unspecified atom stereocenters. The van der Waals surface area contributed by atoms with E-state index < -0.39 is 0 Å². The van der Waals surface area contributed by atoms with E-state index in [4.69, 9.17) is 4.74 Å². The predicted molar refractivity (Wildman–Crippen MR) is 108 cm³/mol. The molecule has 0 saturated heterocycles. The van der Waals surface area contributed by atoms with Crippen LogP contribution in [0.15, 0.2) is 48.5 Å². The summed E-state index contributed by atoms with van der Waals surface area (Å²) in [5, 5.41) is 5.54. The van der Waals surface area contributed by atoms with Gasteiger partial charge >= 0.3 is 0 Å². The Labute approximate surface area is 160 Å². The third-order valence-corrected chi connectivity index (χ3v) is 3.94. The summed E-state index contributed by atoms with van der Waals surface area (Å²) < 4.78 is 5.77. The van der Waals surface area contributed by atoms with E-state index in [0.29, 0.717) is 24.5 Å². The van der Waals surface area contributed by atoms with E-state index >= 15 is 0 Å². The molecule has 2 rings (SSSR count). The zero-order valence-electron chi connectivity index (χ0n) is 16.1. The second-order valence-electron chi connectivity index (χ2n) is 6.51. The first-order valence-corrected chi connectivity index (χ1v) is 8.98. The summed E-state index contributed by atoms with van der Waals surface area (Å²) in [6.07, 6.45) is 0.837. The SMILES string of the molecule is CC(=O)Nc1ccc(NC(=O)CN(C)CCCOc2ccccc2C)cc1. The molecule has 144 valence electrons. The number of rotatable bonds is 9. The van der Waals surface area contributed by atoms with Crippen molar-refractivity contribution in [3.8, 4) is 5.75 Å². The van der Waals surface area contributed by atoms with E-state index in [1.54, 1.807) is 24.3 Å². The van der Waals surface area contributed by atoms with Crippen LogP contribution >= 0.6 is 0 Å². The topological polar surface area (TPSA) is 70.7 Å². The van der Waals surface area contributed by atoms with Crippen LogP contribution in [0.25, 0.3) is 0 Å². The van der Waals surface area contributed by atoms with Crippen molar-refractivity contribution in [2.75, 3.05) is 37.4 Å². The lowest BCUT2D eigenvalue weighted by Crippen LogP contribution is -2.31. The smallest absolute Gasteiger partial charge is 0.238 e. The van der Waals surface area contributed by atoms with E-state index in [0.717, 1.165) is 24.3 Å². The van der Waals surface area contributed by atoms with Gasteiger partial charge in [-0.15, -0.1) is 0 Å². The van der Waals surface area contributed by atoms with Crippen molar-refractivity contribution < 1.29 is 14.3 Å². The molecule has 6 heteroatoms. The predicted octanol–water partition coefficient (Wildman–Crippen LogP) is 3.29. The summed E-state index contributed by atoms with van der Waals surface area (Å²) >= 11 is 0. The molecule has 0 atom stereocenters. The monoisotopic (exact) mass is 369 g/mol. The fraction of sp³-hybridized carbons (Fsp3) is 0.333. The van der Waals surface area contributed by atoms with E-state index in [1.807, 2.05) is 43.1 Å². The van der Waals surface area contributed by atoms with E-state index in [-0.39, 0.29) is 11.8 Å². The Balaban J connectivity index is 1.67. The summed E-state index contributed by atoms with van der Waals surface area (Å²) in [7, 11) is 1.91. The third kappa shape index (κ3) is 7.50. The fourth-order valence-corrected chi connectivity index (χ4v) is 2.60. The van der Waals surface area contributed by atoms with Gasteiger partial charge in [-0.25, -0.2) is 0 Å². The molecule has 0 fully saturated rings. The molecule has 0 aliphatic heterocycles. The lowest BCUT2D eigenvalue weighted by atomic mass is 10.2. The Hall–Kier alpha value is -2.86. The van der Waals surface area contributed by atoms with Gasteiger partial charge in [0.2, 0.25) is 11.8 Å². The number of nitrogens with zero attached hydrogens (tertiary/aromatic N) is 1. The number of anilines is 2. The number of benzene rings is 2. The lowest BCUT2D eigenvalue weighted by molar-refractivity contribution is -0.117. The first kappa shape index (κ1) is 20.5. The van der Waals surface area contributed by atoms with Crippen LogP contribution in [-0.4, -0.2) is 43.5 Å². The van der Waals surface area contributed by atoms with Crippen molar-refractivity contribution in [1.82, 2.24) is 4.90 Å². The van der Waals surface area contributed by atoms with Crippen molar-refractivity contribution in [1.29, 1.82) is 0 Å². The number of carbonyl (C=O) groups is 2. The molecule has 0 aliphatic rings. The molecular weight excluding hydrogens is 342 g/mol. The van der Waals surface area contributed by atoms with E-state index in [2.05, 4.69) is 10.6 Å². The van der Waals surface area contributed by atoms with Crippen molar-refractivity contribution in [2.24, 2.45) is 0 Å². The number of hydrogen-bond acceptors (Lipinski definition) is 4. The highest BCUT2D eigenvalue weighted by Gasteiger charge is 2.07. The minimum atomic E-state index is -0.125. The van der Waals surface area contributed by atoms with Gasteiger partial charge in [-0.3, -0.25) is 14.5 Å². The molecule has 0 aromatic heterocycles. The van der Waals surface area contributed by atoms with Crippen LogP contribution in [0.5, 0.6) is 5.75 Å². The highest BCUT2D eigenvalue weighted by atomic mass is 16.5. The molecule has 0 aliphatic carbocycles. The van der Waals surface area contributed by atoms with Gasteiger partial charge in [0.15, 0.2) is 0 Å². The first-order chi connectivity index (χ1) is 12.9. The third-order valence-electron chi connectivity index (χ3n) is 3.94. The van der Waals surface area contributed by atoms with Crippen LogP contribution in [-0.2, 0) is 9.59 Å². The van der Waals surface area contributed by atoms with Crippen LogP contribution in [0.1, 0.15) is 18.9 Å². The Morgan fingerprint density at radius 1 is 1.00 bits per heavy atom. The van der Waals surface area contributed by atoms with Gasteiger partial charge in [-0.1, -0.05) is 18.2 Å². The van der Waals surface area contributed by atoms with Crippen molar-refractivity contribution in [2.45, 2.75) is 20.3 Å². The van der Waals surface area contributed by atoms with Crippen LogP contribution < -0.4 is 15.4 Å². The highest BCUT2D eigenvalue weighted by Crippen LogP contribution is 2.16. The minimum Gasteiger partial charge on any atom is -0.493 e. The van der Waals surface area contributed by atoms with Gasteiger partial charge in [-0.05, 0) is 56.3 Å². The molecular formula is C21H27N3O3. The van der Waals surface area contributed by atoms with Gasteiger partial charge in [0.1, 0.15) is 5.75 Å². The highest BCUT2D eigenvalue weighted by molar-refractivity contribution is 5.93. The normalized spacial score (nSPS) is 10.5. The van der Waals surface area contributed by atoms with Crippen LogP contribution in [0, 0.1) is 6.92 Å². The Morgan fingerprint density at radius 3 is 2.26 bits per heavy atom. The van der Waals surface area contributed by atoms with Crippen LogP contribution in [0.2, 0.25) is 0 Å². The summed E-state index contributed by atoms with van der Waals surface area (Å²) in [5.41, 5.74) is 2.52. The fourth-order valence-electron chi connectivity index (χ4n) is 2.60. The largest absolute Gasteiger partial charge is 0.493 e. The number of likely N-dealkylation sites (N-methyl/N-ethyl adjacent to an activating group) is 1. The zero-order valence-corrected chi connectivity index (χ0v) is 16.1. The van der Waals surface area contributed by atoms with E-state index in [9.17, 15) is 9.59 Å². The maximum absolute atomic E-state index is 12.1. The molecule has 6 nitrogen and oxygen atoms in total. The summed E-state index contributed by atoms with van der Waals surface area (Å²) in [6, 6.07) is 15.0. The standard InChI is InChI=1S/C21H27N3O3/c1-16-7-4-5-8-20(16)27-14-6-13-24(3)15-21(26)23-19-11-9-18(10-12-19)22-17(2)25/h4-5,7-12H,6,13-15H2,1-3H3,(H,22,25)(H,23,26). The average Bonchev–Trinajstić information content (AvgIpc) is 2.61. The summed E-state index contributed by atoms with van der Waals surface area (Å²) in [4.78, 5) is 25.1. The summed E-state index contributed by atoms with van der Waals surface area (Å²) in [5.74, 6) is 0.699. The second-order valence-corrected chi connectivity index (χ2v) is 6.51. The Morgan fingerprint density at radius 2 is 1.63 bits per heavy atom. The molecule has 0 radical (unpaired) electrons. The quantitative estimate of drug-likeness (QED) is 0.666. The van der Waals surface area contributed by atoms with Gasteiger partial charge in [-0.2, -0.15) is 0 Å². The number of carbonyl (C=O) groups excluding carboxylic acids is 2. The van der Waals surface area contributed by atoms with Crippen molar-refractivity contribution in [3.05, 3.63) is 54.1 Å². The minimum absolute atomic E-state index is 0.0791. The van der Waals surface area contributed by atoms with E-state index in [1.165, 1.54) is 6.92 Å². The molecule has 0 heterocycles. The molecule has 0 spiro atoms. The number of aryl methyl sites for hydroxylation is 1. The molecule has 27 heavy (non-hydrogen) atoms.